The van der Waals surface area contributed by atoms with E-state index in [9.17, 15) is 9.59 Å². The molecule has 0 aliphatic heterocycles. The first kappa shape index (κ1) is 14.8. The molecule has 0 saturated heterocycles. The lowest BCUT2D eigenvalue weighted by atomic mass is 10.1. The van der Waals surface area contributed by atoms with Gasteiger partial charge in [0.2, 0.25) is 0 Å². The maximum Gasteiger partial charge on any atom is 0.329 e. The van der Waals surface area contributed by atoms with Crippen LogP contribution in [0.3, 0.4) is 0 Å². The Kier molecular flexibility index (Phi) is 4.37. The fourth-order valence-corrected chi connectivity index (χ4v) is 1.86. The van der Waals surface area contributed by atoms with Crippen LogP contribution in [0.15, 0.2) is 45.0 Å². The zero-order valence-corrected chi connectivity index (χ0v) is 12.3. The first-order valence-corrected chi connectivity index (χ1v) is 6.70. The molecule has 0 unspecified atom stereocenters. The number of aromatic amines is 1. The van der Waals surface area contributed by atoms with Crippen molar-refractivity contribution >= 4 is 12.0 Å². The number of anilines is 1. The van der Waals surface area contributed by atoms with Gasteiger partial charge in [0, 0.05) is 19.7 Å². The zero-order chi connectivity index (χ0) is 15.4. The van der Waals surface area contributed by atoms with Gasteiger partial charge in [-0.15, -0.1) is 0 Å². The van der Waals surface area contributed by atoms with Crippen LogP contribution in [0.1, 0.15) is 18.1 Å². The van der Waals surface area contributed by atoms with Crippen LogP contribution in [0.2, 0.25) is 0 Å². The summed E-state index contributed by atoms with van der Waals surface area (Å²) in [5.41, 5.74) is 1.28. The second-order valence-electron chi connectivity index (χ2n) is 4.67. The molecular weight excluding hydrogens is 268 g/mol. The van der Waals surface area contributed by atoms with Crippen molar-refractivity contribution in [2.75, 3.05) is 11.6 Å². The first-order chi connectivity index (χ1) is 10.0. The highest BCUT2D eigenvalue weighted by Gasteiger charge is 2.06. The van der Waals surface area contributed by atoms with Crippen molar-refractivity contribution in [2.24, 2.45) is 12.1 Å². The van der Waals surface area contributed by atoms with Crippen molar-refractivity contribution in [1.82, 2.24) is 9.55 Å². The van der Waals surface area contributed by atoms with Gasteiger partial charge in [-0.2, -0.15) is 5.10 Å². The van der Waals surface area contributed by atoms with Gasteiger partial charge in [-0.3, -0.25) is 14.3 Å². The van der Waals surface area contributed by atoms with E-state index in [4.69, 9.17) is 0 Å². The summed E-state index contributed by atoms with van der Waals surface area (Å²) in [6, 6.07) is 9.21. The van der Waals surface area contributed by atoms with E-state index in [2.05, 4.69) is 10.1 Å². The van der Waals surface area contributed by atoms with E-state index >= 15 is 0 Å². The Morgan fingerprint density at radius 1 is 1.33 bits per heavy atom. The second kappa shape index (κ2) is 6.21. The van der Waals surface area contributed by atoms with E-state index in [-0.39, 0.29) is 5.56 Å². The van der Waals surface area contributed by atoms with Crippen molar-refractivity contribution in [2.45, 2.75) is 13.8 Å². The zero-order valence-electron chi connectivity index (χ0n) is 12.3. The number of H-pyrrole nitrogens is 1. The molecule has 0 saturated carbocycles. The normalized spacial score (nSPS) is 11.0. The summed E-state index contributed by atoms with van der Waals surface area (Å²) in [6.07, 6.45) is 1.72. The van der Waals surface area contributed by atoms with Crippen LogP contribution in [-0.4, -0.2) is 22.3 Å². The molecule has 0 amide bonds. The van der Waals surface area contributed by atoms with Crippen LogP contribution in [-0.2, 0) is 7.05 Å². The molecule has 0 radical (unpaired) electrons. The molecule has 0 fully saturated rings. The SMILES string of the molecule is CCN(/N=C\c1ccccc1C)c1cc(=O)n(C)c(=O)[nH]1. The first-order valence-electron chi connectivity index (χ1n) is 6.70. The Morgan fingerprint density at radius 2 is 2.05 bits per heavy atom. The minimum Gasteiger partial charge on any atom is -0.292 e. The second-order valence-corrected chi connectivity index (χ2v) is 4.67. The number of benzene rings is 1. The van der Waals surface area contributed by atoms with Gasteiger partial charge in [0.15, 0.2) is 0 Å². The average Bonchev–Trinajstić information content (AvgIpc) is 2.47. The molecule has 0 atom stereocenters. The fraction of sp³-hybridized carbons (Fsp3) is 0.267. The van der Waals surface area contributed by atoms with E-state index in [1.165, 1.54) is 13.1 Å². The smallest absolute Gasteiger partial charge is 0.292 e. The summed E-state index contributed by atoms with van der Waals surface area (Å²) in [5, 5.41) is 5.92. The summed E-state index contributed by atoms with van der Waals surface area (Å²) in [6.45, 7) is 4.42. The minimum absolute atomic E-state index is 0.363. The number of aryl methyl sites for hydroxylation is 1. The van der Waals surface area contributed by atoms with Crippen LogP contribution in [0.4, 0.5) is 5.82 Å². The fourth-order valence-electron chi connectivity index (χ4n) is 1.86. The largest absolute Gasteiger partial charge is 0.329 e. The van der Waals surface area contributed by atoms with E-state index in [0.29, 0.717) is 12.4 Å². The minimum atomic E-state index is -0.456. The highest BCUT2D eigenvalue weighted by Crippen LogP contribution is 2.08. The highest BCUT2D eigenvalue weighted by molar-refractivity contribution is 5.82. The monoisotopic (exact) mass is 286 g/mol. The molecule has 0 aliphatic rings. The van der Waals surface area contributed by atoms with E-state index < -0.39 is 5.69 Å². The van der Waals surface area contributed by atoms with Crippen LogP contribution >= 0.6 is 0 Å². The molecule has 1 N–H and O–H groups in total. The lowest BCUT2D eigenvalue weighted by molar-refractivity contribution is 0.756. The summed E-state index contributed by atoms with van der Waals surface area (Å²) in [4.78, 5) is 25.9. The Hall–Kier alpha value is -2.63. The molecule has 0 bridgehead atoms. The third-order valence-electron chi connectivity index (χ3n) is 3.23. The molecule has 6 heteroatoms. The lowest BCUT2D eigenvalue weighted by Crippen LogP contribution is -2.34. The summed E-state index contributed by atoms with van der Waals surface area (Å²) >= 11 is 0. The number of hydrogen-bond donors (Lipinski definition) is 1. The van der Waals surface area contributed by atoms with Gasteiger partial charge in [-0.05, 0) is 25.0 Å². The Bertz CT molecular complexity index is 742. The summed E-state index contributed by atoms with van der Waals surface area (Å²) in [7, 11) is 1.43. The molecular formula is C15H18N4O2. The number of rotatable bonds is 4. The highest BCUT2D eigenvalue weighted by atomic mass is 16.2. The Labute approximate surface area is 122 Å². The molecule has 2 aromatic rings. The number of hydrazone groups is 1. The lowest BCUT2D eigenvalue weighted by Gasteiger charge is -2.16. The molecule has 21 heavy (non-hydrogen) atoms. The van der Waals surface area contributed by atoms with Crippen molar-refractivity contribution in [3.8, 4) is 0 Å². The molecule has 1 heterocycles. The standard InChI is InChI=1S/C15H18N4O2/c1-4-19(13-9-14(20)18(3)15(21)17-13)16-10-12-8-6-5-7-11(12)2/h5-10H,4H2,1-3H3,(H,17,21)/b16-10-. The van der Waals surface area contributed by atoms with Gasteiger partial charge < -0.3 is 0 Å². The number of nitrogens with zero attached hydrogens (tertiary/aromatic N) is 3. The van der Waals surface area contributed by atoms with Gasteiger partial charge in [0.05, 0.1) is 6.21 Å². The summed E-state index contributed by atoms with van der Waals surface area (Å²) < 4.78 is 1.02. The van der Waals surface area contributed by atoms with Crippen molar-refractivity contribution in [3.05, 3.63) is 62.3 Å². The molecule has 6 nitrogen and oxygen atoms in total. The van der Waals surface area contributed by atoms with E-state index in [0.717, 1.165) is 15.7 Å². The predicted molar refractivity (Wildman–Crippen MR) is 84.1 cm³/mol. The van der Waals surface area contributed by atoms with Gasteiger partial charge in [-0.25, -0.2) is 9.80 Å². The average molecular weight is 286 g/mol. The van der Waals surface area contributed by atoms with E-state index in [1.54, 1.807) is 11.2 Å². The number of hydrogen-bond acceptors (Lipinski definition) is 4. The predicted octanol–water partition coefficient (Wildman–Crippen LogP) is 1.24. The van der Waals surface area contributed by atoms with Gasteiger partial charge in [-0.1, -0.05) is 24.3 Å². The van der Waals surface area contributed by atoms with Gasteiger partial charge in [0.25, 0.3) is 5.56 Å². The van der Waals surface area contributed by atoms with Crippen LogP contribution in [0.5, 0.6) is 0 Å². The summed E-state index contributed by atoms with van der Waals surface area (Å²) in [5.74, 6) is 0.385. The maximum atomic E-state index is 11.7. The molecule has 1 aromatic carbocycles. The number of aromatic nitrogens is 2. The third-order valence-corrected chi connectivity index (χ3v) is 3.23. The van der Waals surface area contributed by atoms with Crippen molar-refractivity contribution in [1.29, 1.82) is 0 Å². The molecule has 2 rings (SSSR count). The van der Waals surface area contributed by atoms with Crippen molar-refractivity contribution < 1.29 is 0 Å². The Morgan fingerprint density at radius 3 is 2.67 bits per heavy atom. The maximum absolute atomic E-state index is 11.7. The molecule has 1 aromatic heterocycles. The number of nitrogens with one attached hydrogen (secondary N) is 1. The molecule has 0 spiro atoms. The molecule has 0 aliphatic carbocycles. The van der Waals surface area contributed by atoms with Crippen molar-refractivity contribution in [3.63, 3.8) is 0 Å². The third kappa shape index (κ3) is 3.28. The Balaban J connectivity index is 2.35. The quantitative estimate of drug-likeness (QED) is 0.679. The molecule has 110 valence electrons. The van der Waals surface area contributed by atoms with Crippen LogP contribution in [0, 0.1) is 6.92 Å². The van der Waals surface area contributed by atoms with Crippen LogP contribution < -0.4 is 16.3 Å². The van der Waals surface area contributed by atoms with E-state index in [1.807, 2.05) is 38.1 Å². The van der Waals surface area contributed by atoms with Gasteiger partial charge in [0.1, 0.15) is 5.82 Å². The van der Waals surface area contributed by atoms with Crippen LogP contribution in [0.25, 0.3) is 0 Å². The van der Waals surface area contributed by atoms with Gasteiger partial charge >= 0.3 is 5.69 Å². The topological polar surface area (TPSA) is 70.5 Å².